The van der Waals surface area contributed by atoms with Crippen LogP contribution in [0.3, 0.4) is 0 Å². The number of anilines is 1. The highest BCUT2D eigenvalue weighted by Crippen LogP contribution is 2.26. The molecule has 4 heteroatoms. The van der Waals surface area contributed by atoms with Crippen molar-refractivity contribution >= 4 is 21.6 Å². The van der Waals surface area contributed by atoms with Crippen LogP contribution in [-0.2, 0) is 0 Å². The lowest BCUT2D eigenvalue weighted by molar-refractivity contribution is 0.401. The van der Waals surface area contributed by atoms with Gasteiger partial charge in [0.05, 0.1) is 17.3 Å². The average molecular weight is 296 g/mol. The van der Waals surface area contributed by atoms with E-state index in [1.165, 1.54) is 0 Å². The Morgan fingerprint density at radius 2 is 1.94 bits per heavy atom. The number of nitriles is 1. The molecular formula is C13H18BrN3. The number of hydrogen-bond donors (Lipinski definition) is 0. The van der Waals surface area contributed by atoms with E-state index in [4.69, 9.17) is 5.26 Å². The molecule has 0 spiro atoms. The van der Waals surface area contributed by atoms with Crippen LogP contribution in [0.2, 0.25) is 0 Å². The van der Waals surface area contributed by atoms with Crippen molar-refractivity contribution in [2.24, 2.45) is 0 Å². The molecule has 17 heavy (non-hydrogen) atoms. The second-order valence-corrected chi connectivity index (χ2v) is 5.21. The van der Waals surface area contributed by atoms with Gasteiger partial charge in [-0.05, 0) is 61.2 Å². The predicted molar refractivity (Wildman–Crippen MR) is 75.3 cm³/mol. The molecule has 0 aliphatic heterocycles. The van der Waals surface area contributed by atoms with E-state index in [1.54, 1.807) is 0 Å². The van der Waals surface area contributed by atoms with Crippen molar-refractivity contribution in [3.05, 3.63) is 28.2 Å². The molecule has 1 aromatic rings. The zero-order valence-electron chi connectivity index (χ0n) is 10.6. The van der Waals surface area contributed by atoms with E-state index in [0.29, 0.717) is 5.56 Å². The number of nitrogens with zero attached hydrogens (tertiary/aromatic N) is 3. The number of benzene rings is 1. The molecule has 0 heterocycles. The second-order valence-electron chi connectivity index (χ2n) is 4.36. The maximum atomic E-state index is 8.80. The van der Waals surface area contributed by atoms with Crippen molar-refractivity contribution in [2.75, 3.05) is 39.1 Å². The maximum Gasteiger partial charge on any atom is 0.0992 e. The van der Waals surface area contributed by atoms with E-state index < -0.39 is 0 Å². The smallest absolute Gasteiger partial charge is 0.0992 e. The zero-order chi connectivity index (χ0) is 12.8. The van der Waals surface area contributed by atoms with Gasteiger partial charge in [0.25, 0.3) is 0 Å². The first-order chi connectivity index (χ1) is 8.04. The highest BCUT2D eigenvalue weighted by Gasteiger charge is 2.06. The monoisotopic (exact) mass is 295 g/mol. The first-order valence-electron chi connectivity index (χ1n) is 5.60. The summed E-state index contributed by atoms with van der Waals surface area (Å²) in [4.78, 5) is 4.39. The summed E-state index contributed by atoms with van der Waals surface area (Å²) in [5.41, 5.74) is 1.81. The molecule has 0 unspecified atom stereocenters. The fourth-order valence-corrected chi connectivity index (χ4v) is 2.31. The van der Waals surface area contributed by atoms with Gasteiger partial charge in [-0.1, -0.05) is 0 Å². The van der Waals surface area contributed by atoms with E-state index in [0.717, 1.165) is 29.7 Å². The van der Waals surface area contributed by atoms with Gasteiger partial charge in [0.15, 0.2) is 0 Å². The minimum atomic E-state index is 0.683. The van der Waals surface area contributed by atoms with Gasteiger partial charge in [-0.15, -0.1) is 0 Å². The molecular weight excluding hydrogens is 278 g/mol. The Morgan fingerprint density at radius 1 is 1.24 bits per heavy atom. The van der Waals surface area contributed by atoms with Crippen LogP contribution in [0.1, 0.15) is 12.0 Å². The molecule has 1 rings (SSSR count). The predicted octanol–water partition coefficient (Wildman–Crippen LogP) is 2.71. The standard InChI is InChI=1S/C13H18BrN3/c1-16(2)7-4-8-17(3)13-6-5-11(10-15)9-12(13)14/h5-6,9H,4,7-8H2,1-3H3. The number of halogens is 1. The minimum absolute atomic E-state index is 0.683. The van der Waals surface area contributed by atoms with Crippen molar-refractivity contribution in [3.63, 3.8) is 0 Å². The largest absolute Gasteiger partial charge is 0.374 e. The molecule has 0 aromatic heterocycles. The number of rotatable bonds is 5. The van der Waals surface area contributed by atoms with Crippen LogP contribution in [0, 0.1) is 11.3 Å². The zero-order valence-corrected chi connectivity index (χ0v) is 12.2. The summed E-state index contributed by atoms with van der Waals surface area (Å²) in [6.07, 6.45) is 1.12. The fraction of sp³-hybridized carbons (Fsp3) is 0.462. The third-order valence-electron chi connectivity index (χ3n) is 2.59. The van der Waals surface area contributed by atoms with Crippen LogP contribution in [0.25, 0.3) is 0 Å². The molecule has 0 bridgehead atoms. The van der Waals surface area contributed by atoms with Crippen LogP contribution in [-0.4, -0.2) is 39.1 Å². The first kappa shape index (κ1) is 14.0. The molecule has 3 nitrogen and oxygen atoms in total. The molecule has 0 N–H and O–H groups in total. The van der Waals surface area contributed by atoms with Crippen LogP contribution in [0.4, 0.5) is 5.69 Å². The summed E-state index contributed by atoms with van der Waals surface area (Å²) in [5.74, 6) is 0. The molecule has 0 saturated carbocycles. The van der Waals surface area contributed by atoms with Gasteiger partial charge in [0, 0.05) is 18.1 Å². The van der Waals surface area contributed by atoms with E-state index >= 15 is 0 Å². The summed E-state index contributed by atoms with van der Waals surface area (Å²) in [6.45, 7) is 2.08. The van der Waals surface area contributed by atoms with Gasteiger partial charge < -0.3 is 9.80 Å². The fourth-order valence-electron chi connectivity index (χ4n) is 1.63. The van der Waals surface area contributed by atoms with Gasteiger partial charge in [0.2, 0.25) is 0 Å². The Balaban J connectivity index is 2.63. The maximum absolute atomic E-state index is 8.80. The Bertz CT molecular complexity index is 410. The summed E-state index contributed by atoms with van der Waals surface area (Å²) in [6, 6.07) is 7.83. The van der Waals surface area contributed by atoms with E-state index in [2.05, 4.69) is 52.9 Å². The number of hydrogen-bond acceptors (Lipinski definition) is 3. The summed E-state index contributed by atoms with van der Waals surface area (Å²) in [5, 5.41) is 8.80. The lowest BCUT2D eigenvalue weighted by atomic mass is 10.2. The highest BCUT2D eigenvalue weighted by molar-refractivity contribution is 9.10. The van der Waals surface area contributed by atoms with Crippen molar-refractivity contribution in [3.8, 4) is 6.07 Å². The minimum Gasteiger partial charge on any atom is -0.374 e. The van der Waals surface area contributed by atoms with Gasteiger partial charge in [0.1, 0.15) is 0 Å². The first-order valence-corrected chi connectivity index (χ1v) is 6.39. The SMILES string of the molecule is CN(C)CCCN(C)c1ccc(C#N)cc1Br. The van der Waals surface area contributed by atoms with Gasteiger partial charge >= 0.3 is 0 Å². The summed E-state index contributed by atoms with van der Waals surface area (Å²) < 4.78 is 0.976. The van der Waals surface area contributed by atoms with E-state index in [-0.39, 0.29) is 0 Å². The lowest BCUT2D eigenvalue weighted by Gasteiger charge is -2.21. The van der Waals surface area contributed by atoms with Crippen molar-refractivity contribution < 1.29 is 0 Å². The van der Waals surface area contributed by atoms with Crippen LogP contribution >= 0.6 is 15.9 Å². The van der Waals surface area contributed by atoms with Gasteiger partial charge in [-0.25, -0.2) is 0 Å². The Hall–Kier alpha value is -1.05. The Kier molecular flexibility index (Phi) is 5.46. The molecule has 0 aliphatic rings. The molecule has 0 radical (unpaired) electrons. The van der Waals surface area contributed by atoms with Crippen LogP contribution in [0.5, 0.6) is 0 Å². The van der Waals surface area contributed by atoms with E-state index in [9.17, 15) is 0 Å². The van der Waals surface area contributed by atoms with Crippen molar-refractivity contribution in [2.45, 2.75) is 6.42 Å². The lowest BCUT2D eigenvalue weighted by Crippen LogP contribution is -2.23. The summed E-state index contributed by atoms with van der Waals surface area (Å²) >= 11 is 3.51. The average Bonchev–Trinajstić information content (AvgIpc) is 2.28. The van der Waals surface area contributed by atoms with E-state index in [1.807, 2.05) is 18.2 Å². The highest BCUT2D eigenvalue weighted by atomic mass is 79.9. The molecule has 1 aromatic carbocycles. The topological polar surface area (TPSA) is 30.3 Å². The molecule has 0 atom stereocenters. The molecule has 0 fully saturated rings. The third kappa shape index (κ3) is 4.37. The quantitative estimate of drug-likeness (QED) is 0.837. The summed E-state index contributed by atoms with van der Waals surface area (Å²) in [7, 11) is 6.23. The van der Waals surface area contributed by atoms with Crippen LogP contribution < -0.4 is 4.90 Å². The molecule has 0 amide bonds. The molecule has 0 saturated heterocycles. The Morgan fingerprint density at radius 3 is 2.47 bits per heavy atom. The van der Waals surface area contributed by atoms with Gasteiger partial charge in [-0.3, -0.25) is 0 Å². The Labute approximate surface area is 112 Å². The van der Waals surface area contributed by atoms with Crippen molar-refractivity contribution in [1.82, 2.24) is 4.90 Å². The normalized spacial score (nSPS) is 10.4. The van der Waals surface area contributed by atoms with Crippen molar-refractivity contribution in [1.29, 1.82) is 5.26 Å². The van der Waals surface area contributed by atoms with Crippen LogP contribution in [0.15, 0.2) is 22.7 Å². The third-order valence-corrected chi connectivity index (χ3v) is 3.22. The second kappa shape index (κ2) is 6.63. The molecule has 0 aliphatic carbocycles. The molecule has 92 valence electrons. The van der Waals surface area contributed by atoms with Gasteiger partial charge in [-0.2, -0.15) is 5.26 Å².